The Balaban J connectivity index is 0.877. The van der Waals surface area contributed by atoms with Crippen molar-refractivity contribution in [3.05, 3.63) is 113 Å². The quantitative estimate of drug-likeness (QED) is 0.0511. The number of pyridine rings is 1. The second kappa shape index (κ2) is 33.2. The molecule has 1 saturated heterocycles. The first-order valence-electron chi connectivity index (χ1n) is 26.7. The number of rotatable bonds is 33. The Morgan fingerprint density at radius 2 is 1.26 bits per heavy atom. The number of hydrogen-bond acceptors (Lipinski definition) is 15. The van der Waals surface area contributed by atoms with Crippen molar-refractivity contribution in [3.8, 4) is 11.3 Å². The summed E-state index contributed by atoms with van der Waals surface area (Å²) in [4.78, 5) is 66.6. The number of benzene rings is 3. The fourth-order valence-electron chi connectivity index (χ4n) is 8.88. The lowest BCUT2D eigenvalue weighted by Crippen LogP contribution is -2.50. The zero-order valence-electron chi connectivity index (χ0n) is 45.0. The molecule has 2 aliphatic rings. The van der Waals surface area contributed by atoms with E-state index in [-0.39, 0.29) is 43.1 Å². The standard InChI is InChI=1S/C57H79N7O12/c1-5-63(6-2)48-17-18-52(50(43-48)53-42-46(19-20-58-53)55(66)59-51-16-10-12-44-11-7-8-15-49(44)51)60-54(65)45-13-9-14-47(41-45)56(67)61(3)21-22-62-23-25-64(26-24-62)57(68)76-40-39-75-38-37-74-36-35-73-34-33-72-32-31-71-30-29-70-28-27-69-4/h7-9,11,13-15,17-20,41-43,51H,5-6,10,12,16,21-40H2,1-4H3,(H,59,66)(H,60,65)/t51-/m0/s1. The van der Waals surface area contributed by atoms with E-state index in [9.17, 15) is 19.2 Å². The Hall–Kier alpha value is -6.03. The molecule has 2 heterocycles. The monoisotopic (exact) mass is 1050 g/mol. The molecule has 1 fully saturated rings. The normalized spacial score (nSPS) is 14.5. The number of aromatic nitrogens is 1. The molecule has 0 bridgehead atoms. The lowest BCUT2D eigenvalue weighted by atomic mass is 9.87. The highest BCUT2D eigenvalue weighted by molar-refractivity contribution is 6.08. The minimum Gasteiger partial charge on any atom is -0.447 e. The Morgan fingerprint density at radius 3 is 1.91 bits per heavy atom. The molecule has 0 spiro atoms. The van der Waals surface area contributed by atoms with Gasteiger partial charge in [-0.15, -0.1) is 0 Å². The molecule has 1 aromatic heterocycles. The molecule has 0 unspecified atom stereocenters. The summed E-state index contributed by atoms with van der Waals surface area (Å²) in [6.07, 6.45) is 4.11. The molecule has 414 valence electrons. The zero-order valence-corrected chi connectivity index (χ0v) is 45.0. The van der Waals surface area contributed by atoms with Gasteiger partial charge >= 0.3 is 6.09 Å². The van der Waals surface area contributed by atoms with E-state index in [1.54, 1.807) is 66.6 Å². The minimum atomic E-state index is -0.389. The van der Waals surface area contributed by atoms with Crippen LogP contribution >= 0.6 is 0 Å². The third kappa shape index (κ3) is 19.2. The number of fused-ring (bicyclic) bond motifs is 1. The van der Waals surface area contributed by atoms with Gasteiger partial charge in [0.05, 0.1) is 103 Å². The summed E-state index contributed by atoms with van der Waals surface area (Å²) in [6.45, 7) is 15.2. The van der Waals surface area contributed by atoms with Crippen LogP contribution in [0.25, 0.3) is 11.3 Å². The molecule has 1 atom stereocenters. The smallest absolute Gasteiger partial charge is 0.409 e. The maximum atomic E-state index is 14.0. The summed E-state index contributed by atoms with van der Waals surface area (Å²) < 4.78 is 43.2. The molecule has 4 amide bonds. The molecule has 6 rings (SSSR count). The number of amides is 4. The third-order valence-corrected chi connectivity index (χ3v) is 13.2. The number of ether oxygens (including phenoxy) is 8. The molecular weight excluding hydrogens is 975 g/mol. The maximum absolute atomic E-state index is 14.0. The topological polar surface area (TPSA) is 192 Å². The summed E-state index contributed by atoms with van der Waals surface area (Å²) in [5.41, 5.74) is 6.28. The second-order valence-electron chi connectivity index (χ2n) is 18.3. The van der Waals surface area contributed by atoms with Crippen molar-refractivity contribution in [1.29, 1.82) is 0 Å². The summed E-state index contributed by atoms with van der Waals surface area (Å²) in [6, 6.07) is 24.2. The molecule has 3 aromatic carbocycles. The van der Waals surface area contributed by atoms with Crippen LogP contribution in [0.2, 0.25) is 0 Å². The first-order chi connectivity index (χ1) is 37.2. The van der Waals surface area contributed by atoms with E-state index in [0.29, 0.717) is 152 Å². The SMILES string of the molecule is CCN(CC)c1ccc(NC(=O)c2cccc(C(=O)N(C)CCN3CCN(C(=O)OCCOCCOCCOCCOCCOCCOCCOC)CC3)c2)c(-c2cc(C(=O)N[C@H]3CCCc4ccccc43)ccn2)c1. The molecule has 0 saturated carbocycles. The largest absolute Gasteiger partial charge is 0.447 e. The molecule has 1 aliphatic heterocycles. The van der Waals surface area contributed by atoms with E-state index < -0.39 is 0 Å². The highest BCUT2D eigenvalue weighted by Crippen LogP contribution is 2.33. The van der Waals surface area contributed by atoms with Gasteiger partial charge in [-0.2, -0.15) is 0 Å². The number of anilines is 2. The van der Waals surface area contributed by atoms with E-state index in [2.05, 4.69) is 51.4 Å². The van der Waals surface area contributed by atoms with Crippen molar-refractivity contribution in [2.45, 2.75) is 39.2 Å². The van der Waals surface area contributed by atoms with Crippen LogP contribution in [0, 0.1) is 0 Å². The fourth-order valence-corrected chi connectivity index (χ4v) is 8.88. The second-order valence-corrected chi connectivity index (χ2v) is 18.3. The van der Waals surface area contributed by atoms with Gasteiger partial charge in [-0.1, -0.05) is 30.3 Å². The van der Waals surface area contributed by atoms with Gasteiger partial charge in [0.25, 0.3) is 17.7 Å². The average Bonchev–Trinajstić information content (AvgIpc) is 3.46. The number of hydrogen-bond donors (Lipinski definition) is 2. The van der Waals surface area contributed by atoms with Gasteiger partial charge in [-0.05, 0) is 92.8 Å². The lowest BCUT2D eigenvalue weighted by Gasteiger charge is -2.34. The Labute approximate surface area is 448 Å². The van der Waals surface area contributed by atoms with Gasteiger partial charge in [0.1, 0.15) is 6.61 Å². The van der Waals surface area contributed by atoms with Gasteiger partial charge < -0.3 is 63.2 Å². The first kappa shape index (κ1) is 59.2. The molecule has 76 heavy (non-hydrogen) atoms. The van der Waals surface area contributed by atoms with Crippen LogP contribution in [0.15, 0.2) is 85.1 Å². The van der Waals surface area contributed by atoms with Gasteiger partial charge in [0.15, 0.2) is 0 Å². The summed E-state index contributed by atoms with van der Waals surface area (Å²) in [7, 11) is 3.38. The van der Waals surface area contributed by atoms with Crippen LogP contribution in [0.5, 0.6) is 0 Å². The molecule has 4 aromatic rings. The number of aryl methyl sites for hydroxylation is 1. The number of piperazine rings is 1. The number of nitrogens with one attached hydrogen (secondary N) is 2. The summed E-state index contributed by atoms with van der Waals surface area (Å²) in [5.74, 6) is -0.792. The van der Waals surface area contributed by atoms with Gasteiger partial charge in [0, 0.05) is 101 Å². The number of nitrogens with zero attached hydrogens (tertiary/aromatic N) is 5. The average molecular weight is 1050 g/mol. The van der Waals surface area contributed by atoms with E-state index in [1.165, 1.54) is 5.56 Å². The molecule has 19 heteroatoms. The zero-order chi connectivity index (χ0) is 53.7. The summed E-state index contributed by atoms with van der Waals surface area (Å²) >= 11 is 0. The Kier molecular flexibility index (Phi) is 25.9. The van der Waals surface area contributed by atoms with E-state index in [1.807, 2.05) is 30.3 Å². The van der Waals surface area contributed by atoms with Crippen LogP contribution in [-0.4, -0.2) is 203 Å². The van der Waals surface area contributed by atoms with Crippen LogP contribution in [0.4, 0.5) is 16.2 Å². The van der Waals surface area contributed by atoms with Crippen LogP contribution in [0.1, 0.15) is 74.9 Å². The third-order valence-electron chi connectivity index (χ3n) is 13.2. The van der Waals surface area contributed by atoms with Crippen LogP contribution < -0.4 is 15.5 Å². The predicted octanol–water partition coefficient (Wildman–Crippen LogP) is 6.23. The number of carbonyl (C=O) groups is 4. The highest BCUT2D eigenvalue weighted by atomic mass is 16.6. The predicted molar refractivity (Wildman–Crippen MR) is 290 cm³/mol. The van der Waals surface area contributed by atoms with Crippen LogP contribution in [-0.2, 0) is 44.3 Å². The highest BCUT2D eigenvalue weighted by Gasteiger charge is 2.25. The van der Waals surface area contributed by atoms with Crippen molar-refractivity contribution in [2.75, 3.05) is 169 Å². The molecule has 1 aliphatic carbocycles. The molecule has 2 N–H and O–H groups in total. The maximum Gasteiger partial charge on any atom is 0.409 e. The number of methoxy groups -OCH3 is 1. The number of likely N-dealkylation sites (N-methyl/N-ethyl adjacent to an activating group) is 1. The van der Waals surface area contributed by atoms with Crippen molar-refractivity contribution >= 4 is 35.2 Å². The Bertz CT molecular complexity index is 2400. The van der Waals surface area contributed by atoms with Gasteiger partial charge in [-0.3, -0.25) is 24.3 Å². The van der Waals surface area contributed by atoms with E-state index >= 15 is 0 Å². The van der Waals surface area contributed by atoms with Crippen molar-refractivity contribution in [2.24, 2.45) is 0 Å². The summed E-state index contributed by atoms with van der Waals surface area (Å²) in [5, 5.41) is 6.33. The molecule has 19 nitrogen and oxygen atoms in total. The van der Waals surface area contributed by atoms with E-state index in [0.717, 1.165) is 43.6 Å². The fraction of sp³-hybridized carbons (Fsp3) is 0.526. The minimum absolute atomic E-state index is 0.0773. The first-order valence-corrected chi connectivity index (χ1v) is 26.7. The van der Waals surface area contributed by atoms with Crippen molar-refractivity contribution in [1.82, 2.24) is 25.0 Å². The van der Waals surface area contributed by atoms with E-state index in [4.69, 9.17) is 37.9 Å². The van der Waals surface area contributed by atoms with Crippen molar-refractivity contribution in [3.63, 3.8) is 0 Å². The van der Waals surface area contributed by atoms with Crippen LogP contribution in [0.3, 0.4) is 0 Å². The molecule has 0 radical (unpaired) electrons. The van der Waals surface area contributed by atoms with Gasteiger partial charge in [0.2, 0.25) is 0 Å². The van der Waals surface area contributed by atoms with Gasteiger partial charge in [-0.25, -0.2) is 4.79 Å². The lowest BCUT2D eigenvalue weighted by molar-refractivity contribution is -0.0211. The van der Waals surface area contributed by atoms with Crippen molar-refractivity contribution < 1.29 is 57.1 Å². The Morgan fingerprint density at radius 1 is 0.658 bits per heavy atom. The number of carbonyl (C=O) groups excluding carboxylic acids is 4. The molecular formula is C57H79N7O12.